The first-order valence-electron chi connectivity index (χ1n) is 9.59. The lowest BCUT2D eigenvalue weighted by Gasteiger charge is -2.57. The fourth-order valence-electron chi connectivity index (χ4n) is 4.04. The number of rotatable bonds is 5. The molecule has 2 aromatic rings. The normalized spacial score (nSPS) is 20.7. The van der Waals surface area contributed by atoms with Crippen LogP contribution >= 0.6 is 11.5 Å². The van der Waals surface area contributed by atoms with Crippen molar-refractivity contribution in [3.05, 3.63) is 23.5 Å². The molecule has 2 fully saturated rings. The maximum Gasteiger partial charge on any atom is 0.250 e. The van der Waals surface area contributed by atoms with E-state index in [2.05, 4.69) is 35.5 Å². The fraction of sp³-hybridized carbons (Fsp3) is 0.579. The average Bonchev–Trinajstić information content (AvgIpc) is 3.05. The summed E-state index contributed by atoms with van der Waals surface area (Å²) in [5.41, 5.74) is 1.48. The molecule has 0 saturated carbocycles. The molecule has 29 heavy (non-hydrogen) atoms. The highest BCUT2D eigenvalue weighted by molar-refractivity contribution is 7.10. The molecule has 0 atom stereocenters. The number of aromatic nitrogens is 3. The summed E-state index contributed by atoms with van der Waals surface area (Å²) in [5.74, 6) is -1.30. The third kappa shape index (κ3) is 4.02. The van der Waals surface area contributed by atoms with Crippen molar-refractivity contribution in [1.82, 2.24) is 19.2 Å². The third-order valence-corrected chi connectivity index (χ3v) is 6.45. The molecule has 4 rings (SSSR count). The number of likely N-dealkylation sites (tertiary alicyclic amines) is 1. The van der Waals surface area contributed by atoms with E-state index in [0.29, 0.717) is 38.5 Å². The lowest BCUT2D eigenvalue weighted by Crippen LogP contribution is -2.72. The van der Waals surface area contributed by atoms with Gasteiger partial charge in [0, 0.05) is 50.8 Å². The number of hydrogen-bond donors (Lipinski definition) is 1. The molecule has 0 spiro atoms. The van der Waals surface area contributed by atoms with E-state index in [-0.39, 0.29) is 18.4 Å². The van der Waals surface area contributed by atoms with E-state index < -0.39 is 5.92 Å². The highest BCUT2D eigenvalue weighted by Crippen LogP contribution is 2.39. The van der Waals surface area contributed by atoms with Gasteiger partial charge in [-0.1, -0.05) is 0 Å². The number of nitriles is 1. The number of aryl methyl sites for hydroxylation is 2. The molecular weight excluding hydrogens is 396 g/mol. The molecule has 0 aromatic carbocycles. The Bertz CT molecular complexity index is 923. The number of anilines is 3. The maximum atomic E-state index is 13.6. The van der Waals surface area contributed by atoms with Crippen LogP contribution in [0.25, 0.3) is 0 Å². The molecule has 2 saturated heterocycles. The van der Waals surface area contributed by atoms with Crippen LogP contribution in [-0.4, -0.2) is 56.9 Å². The van der Waals surface area contributed by atoms with Gasteiger partial charge in [0.2, 0.25) is 5.95 Å². The van der Waals surface area contributed by atoms with E-state index in [1.807, 2.05) is 19.9 Å². The first-order chi connectivity index (χ1) is 13.8. The van der Waals surface area contributed by atoms with Crippen molar-refractivity contribution in [2.24, 2.45) is 0 Å². The molecule has 2 aliphatic rings. The Morgan fingerprint density at radius 1 is 1.28 bits per heavy atom. The summed E-state index contributed by atoms with van der Waals surface area (Å²) in [6.07, 6.45) is 1.80. The Morgan fingerprint density at radius 3 is 2.62 bits per heavy atom. The lowest BCUT2D eigenvalue weighted by molar-refractivity contribution is -0.0833. The second kappa shape index (κ2) is 7.46. The fourth-order valence-corrected chi connectivity index (χ4v) is 4.69. The largest absolute Gasteiger partial charge is 0.352 e. The number of halogens is 2. The predicted molar refractivity (Wildman–Crippen MR) is 108 cm³/mol. The quantitative estimate of drug-likeness (QED) is 0.794. The van der Waals surface area contributed by atoms with Crippen LogP contribution in [0.4, 0.5) is 25.5 Å². The smallest absolute Gasteiger partial charge is 0.250 e. The van der Waals surface area contributed by atoms with Gasteiger partial charge in [-0.2, -0.15) is 14.6 Å². The summed E-state index contributed by atoms with van der Waals surface area (Å²) >= 11 is 1.35. The van der Waals surface area contributed by atoms with E-state index >= 15 is 0 Å². The Hall–Kier alpha value is -2.38. The van der Waals surface area contributed by atoms with E-state index in [9.17, 15) is 14.0 Å². The molecule has 2 aromatic heterocycles. The van der Waals surface area contributed by atoms with Crippen molar-refractivity contribution < 1.29 is 8.78 Å². The van der Waals surface area contributed by atoms with Crippen molar-refractivity contribution in [3.63, 3.8) is 0 Å². The van der Waals surface area contributed by atoms with Crippen LogP contribution in [0.15, 0.2) is 12.3 Å². The van der Waals surface area contributed by atoms with Crippen LogP contribution in [-0.2, 0) is 0 Å². The lowest BCUT2D eigenvalue weighted by atomic mass is 9.82. The molecular formula is C19H23F2N7S. The standard InChI is InChI=1S/C19H23F2N7S/c1-13-10-23-17(24-15-9-14(2)26-29-15)25-16(13)27-11-18(12-27,3-6-22)28-7-4-19(20,21)5-8-28/h9-10H,3-5,7-8,11-12H2,1-2H3,(H,23,24,25). The maximum absolute atomic E-state index is 13.6. The first-order valence-corrected chi connectivity index (χ1v) is 10.4. The second-order valence-electron chi connectivity index (χ2n) is 7.92. The molecule has 0 radical (unpaired) electrons. The van der Waals surface area contributed by atoms with Crippen LogP contribution in [0.5, 0.6) is 0 Å². The number of hydrogen-bond acceptors (Lipinski definition) is 8. The third-order valence-electron chi connectivity index (χ3n) is 5.65. The Labute approximate surface area is 172 Å². The number of alkyl halides is 2. The van der Waals surface area contributed by atoms with Gasteiger partial charge < -0.3 is 10.2 Å². The van der Waals surface area contributed by atoms with Crippen LogP contribution in [0.2, 0.25) is 0 Å². The molecule has 0 aliphatic carbocycles. The van der Waals surface area contributed by atoms with Crippen LogP contribution in [0.1, 0.15) is 30.5 Å². The molecule has 2 aliphatic heterocycles. The molecule has 1 N–H and O–H groups in total. The molecule has 0 bridgehead atoms. The summed E-state index contributed by atoms with van der Waals surface area (Å²) < 4.78 is 31.4. The van der Waals surface area contributed by atoms with Gasteiger partial charge in [-0.3, -0.25) is 4.90 Å². The van der Waals surface area contributed by atoms with E-state index in [1.165, 1.54) is 11.5 Å². The molecule has 0 unspecified atom stereocenters. The number of piperidine rings is 1. The molecule has 0 amide bonds. The minimum atomic E-state index is -2.59. The summed E-state index contributed by atoms with van der Waals surface area (Å²) in [5, 5.41) is 13.4. The Morgan fingerprint density at radius 2 is 2.00 bits per heavy atom. The van der Waals surface area contributed by atoms with Gasteiger partial charge in [-0.15, -0.1) is 0 Å². The van der Waals surface area contributed by atoms with Crippen LogP contribution in [0.3, 0.4) is 0 Å². The van der Waals surface area contributed by atoms with Gasteiger partial charge in [-0.05, 0) is 31.4 Å². The molecule has 7 nitrogen and oxygen atoms in total. The number of nitrogens with one attached hydrogen (secondary N) is 1. The summed E-state index contributed by atoms with van der Waals surface area (Å²) in [7, 11) is 0. The Kier molecular flexibility index (Phi) is 5.12. The highest BCUT2D eigenvalue weighted by Gasteiger charge is 2.51. The van der Waals surface area contributed by atoms with Crippen LogP contribution in [0, 0.1) is 25.2 Å². The van der Waals surface area contributed by atoms with Crippen molar-refractivity contribution in [2.75, 3.05) is 36.4 Å². The van der Waals surface area contributed by atoms with E-state index in [4.69, 9.17) is 0 Å². The van der Waals surface area contributed by atoms with Crippen molar-refractivity contribution in [1.29, 1.82) is 5.26 Å². The first kappa shape index (κ1) is 19.9. The minimum absolute atomic E-state index is 0.144. The zero-order valence-corrected chi connectivity index (χ0v) is 17.3. The average molecular weight is 420 g/mol. The minimum Gasteiger partial charge on any atom is -0.352 e. The van der Waals surface area contributed by atoms with Crippen LogP contribution < -0.4 is 10.2 Å². The Balaban J connectivity index is 1.48. The highest BCUT2D eigenvalue weighted by atomic mass is 32.1. The summed E-state index contributed by atoms with van der Waals surface area (Å²) in [6, 6.07) is 4.19. The van der Waals surface area contributed by atoms with Gasteiger partial charge in [0.15, 0.2) is 0 Å². The predicted octanol–water partition coefficient (Wildman–Crippen LogP) is 3.50. The van der Waals surface area contributed by atoms with Crippen molar-refractivity contribution in [3.8, 4) is 6.07 Å². The van der Waals surface area contributed by atoms with Gasteiger partial charge in [0.1, 0.15) is 10.8 Å². The second-order valence-corrected chi connectivity index (χ2v) is 8.72. The monoisotopic (exact) mass is 419 g/mol. The summed E-state index contributed by atoms with van der Waals surface area (Å²) in [4.78, 5) is 13.2. The van der Waals surface area contributed by atoms with Gasteiger partial charge in [-0.25, -0.2) is 13.8 Å². The molecule has 4 heterocycles. The number of nitrogens with zero attached hydrogens (tertiary/aromatic N) is 6. The van der Waals surface area contributed by atoms with Crippen molar-refractivity contribution in [2.45, 2.75) is 44.6 Å². The zero-order chi connectivity index (χ0) is 20.6. The SMILES string of the molecule is Cc1cc(Nc2ncc(C)c(N3CC(CC#N)(N4CCC(F)(F)CC4)C3)n2)sn1. The van der Waals surface area contributed by atoms with Gasteiger partial charge >= 0.3 is 0 Å². The van der Waals surface area contributed by atoms with Gasteiger partial charge in [0.05, 0.1) is 23.7 Å². The van der Waals surface area contributed by atoms with Crippen molar-refractivity contribution >= 4 is 28.3 Å². The molecule has 154 valence electrons. The summed E-state index contributed by atoms with van der Waals surface area (Å²) in [6.45, 7) is 5.72. The molecule has 10 heteroatoms. The topological polar surface area (TPSA) is 81.0 Å². The van der Waals surface area contributed by atoms with E-state index in [1.54, 1.807) is 6.20 Å². The van der Waals surface area contributed by atoms with E-state index in [0.717, 1.165) is 22.1 Å². The van der Waals surface area contributed by atoms with Gasteiger partial charge in [0.25, 0.3) is 5.92 Å². The zero-order valence-electron chi connectivity index (χ0n) is 16.5.